The van der Waals surface area contributed by atoms with Crippen LogP contribution in [-0.4, -0.2) is 41.0 Å². The summed E-state index contributed by atoms with van der Waals surface area (Å²) >= 11 is 0. The van der Waals surface area contributed by atoms with Crippen molar-refractivity contribution in [2.24, 2.45) is 0 Å². The number of aryl methyl sites for hydroxylation is 1. The van der Waals surface area contributed by atoms with E-state index in [9.17, 15) is 9.59 Å². The summed E-state index contributed by atoms with van der Waals surface area (Å²) in [5, 5.41) is 0. The number of carbonyl (C=O) groups is 2. The summed E-state index contributed by atoms with van der Waals surface area (Å²) in [6, 6.07) is 19.1. The number of rotatable bonds is 10. The van der Waals surface area contributed by atoms with Crippen molar-refractivity contribution in [2.45, 2.75) is 59.2 Å². The van der Waals surface area contributed by atoms with Crippen LogP contribution >= 0.6 is 0 Å². The lowest BCUT2D eigenvalue weighted by Crippen LogP contribution is -2.47. The molecule has 190 valence electrons. The highest BCUT2D eigenvalue weighted by Crippen LogP contribution is 2.33. The SMILES string of the molecule is CCC(C(=O)N(CC(=O)N(Cc1ccc2c(c1)OCO2)Cc1ccc(C)o1)C(C)C)c1ccccc1. The van der Waals surface area contributed by atoms with Gasteiger partial charge in [-0.05, 0) is 62.6 Å². The number of amides is 2. The Morgan fingerprint density at radius 2 is 1.69 bits per heavy atom. The molecule has 3 aromatic rings. The van der Waals surface area contributed by atoms with Gasteiger partial charge in [-0.1, -0.05) is 43.3 Å². The molecule has 0 N–H and O–H groups in total. The highest BCUT2D eigenvalue weighted by molar-refractivity contribution is 5.88. The van der Waals surface area contributed by atoms with Gasteiger partial charge >= 0.3 is 0 Å². The van der Waals surface area contributed by atoms with E-state index in [1.807, 2.05) is 88.4 Å². The number of benzene rings is 2. The van der Waals surface area contributed by atoms with E-state index in [1.165, 1.54) is 0 Å². The first kappa shape index (κ1) is 25.4. The molecule has 1 atom stereocenters. The molecule has 1 unspecified atom stereocenters. The van der Waals surface area contributed by atoms with Crippen LogP contribution in [0.4, 0.5) is 0 Å². The highest BCUT2D eigenvalue weighted by Gasteiger charge is 2.30. The van der Waals surface area contributed by atoms with Crippen molar-refractivity contribution >= 4 is 11.8 Å². The number of nitrogens with zero attached hydrogens (tertiary/aromatic N) is 2. The quantitative estimate of drug-likeness (QED) is 0.387. The van der Waals surface area contributed by atoms with Crippen LogP contribution in [0.3, 0.4) is 0 Å². The third-order valence-corrected chi connectivity index (χ3v) is 6.43. The van der Waals surface area contributed by atoms with Gasteiger partial charge in [0.1, 0.15) is 18.1 Å². The molecule has 1 aliphatic heterocycles. The van der Waals surface area contributed by atoms with Gasteiger partial charge in [0.2, 0.25) is 18.6 Å². The first-order valence-electron chi connectivity index (χ1n) is 12.4. The zero-order chi connectivity index (χ0) is 25.7. The molecule has 1 aromatic heterocycles. The third kappa shape index (κ3) is 5.90. The van der Waals surface area contributed by atoms with Crippen LogP contribution < -0.4 is 9.47 Å². The first-order chi connectivity index (χ1) is 17.4. The molecule has 0 radical (unpaired) electrons. The average Bonchev–Trinajstić information content (AvgIpc) is 3.51. The Morgan fingerprint density at radius 1 is 0.944 bits per heavy atom. The Balaban J connectivity index is 1.55. The minimum Gasteiger partial charge on any atom is -0.464 e. The maximum absolute atomic E-state index is 13.7. The van der Waals surface area contributed by atoms with Gasteiger partial charge < -0.3 is 23.7 Å². The molecular weight excluding hydrogens is 456 g/mol. The zero-order valence-electron chi connectivity index (χ0n) is 21.4. The molecule has 0 spiro atoms. The Labute approximate surface area is 212 Å². The summed E-state index contributed by atoms with van der Waals surface area (Å²) < 4.78 is 16.7. The Bertz CT molecular complexity index is 1190. The van der Waals surface area contributed by atoms with Crippen molar-refractivity contribution in [1.82, 2.24) is 9.80 Å². The summed E-state index contributed by atoms with van der Waals surface area (Å²) in [4.78, 5) is 30.7. The Morgan fingerprint density at radius 3 is 2.36 bits per heavy atom. The zero-order valence-corrected chi connectivity index (χ0v) is 21.4. The monoisotopic (exact) mass is 490 g/mol. The van der Waals surface area contributed by atoms with Gasteiger partial charge in [-0.25, -0.2) is 0 Å². The maximum Gasteiger partial charge on any atom is 0.242 e. The summed E-state index contributed by atoms with van der Waals surface area (Å²) in [5.41, 5.74) is 1.88. The summed E-state index contributed by atoms with van der Waals surface area (Å²) in [7, 11) is 0. The van der Waals surface area contributed by atoms with Gasteiger partial charge in [-0.2, -0.15) is 0 Å². The number of carbonyl (C=O) groups excluding carboxylic acids is 2. The van der Waals surface area contributed by atoms with E-state index in [-0.39, 0.29) is 37.1 Å². The number of hydrogen-bond donors (Lipinski definition) is 0. The maximum atomic E-state index is 13.7. The molecule has 36 heavy (non-hydrogen) atoms. The van der Waals surface area contributed by atoms with Gasteiger partial charge in [0, 0.05) is 12.6 Å². The molecule has 7 nitrogen and oxygen atoms in total. The highest BCUT2D eigenvalue weighted by atomic mass is 16.7. The van der Waals surface area contributed by atoms with Crippen molar-refractivity contribution in [3.8, 4) is 11.5 Å². The van der Waals surface area contributed by atoms with Gasteiger partial charge in [0.25, 0.3) is 0 Å². The van der Waals surface area contributed by atoms with Crippen LogP contribution in [0.25, 0.3) is 0 Å². The van der Waals surface area contributed by atoms with Crippen molar-refractivity contribution in [1.29, 1.82) is 0 Å². The van der Waals surface area contributed by atoms with Gasteiger partial charge in [0.05, 0.1) is 12.5 Å². The van der Waals surface area contributed by atoms with E-state index in [4.69, 9.17) is 13.9 Å². The molecule has 4 rings (SSSR count). The van der Waals surface area contributed by atoms with Crippen molar-refractivity contribution in [3.05, 3.63) is 83.3 Å². The lowest BCUT2D eigenvalue weighted by atomic mass is 9.94. The fourth-order valence-corrected chi connectivity index (χ4v) is 4.45. The van der Waals surface area contributed by atoms with E-state index >= 15 is 0 Å². The van der Waals surface area contributed by atoms with Crippen LogP contribution in [0.5, 0.6) is 11.5 Å². The molecule has 2 aromatic carbocycles. The van der Waals surface area contributed by atoms with Crippen LogP contribution in [0.15, 0.2) is 65.1 Å². The van der Waals surface area contributed by atoms with Crippen molar-refractivity contribution < 1.29 is 23.5 Å². The van der Waals surface area contributed by atoms with E-state index < -0.39 is 0 Å². The van der Waals surface area contributed by atoms with Crippen LogP contribution in [-0.2, 0) is 22.7 Å². The molecular formula is C29H34N2O5. The van der Waals surface area contributed by atoms with E-state index in [0.29, 0.717) is 36.8 Å². The van der Waals surface area contributed by atoms with Gasteiger partial charge in [-0.15, -0.1) is 0 Å². The topological polar surface area (TPSA) is 72.2 Å². The number of fused-ring (bicyclic) bond motifs is 1. The van der Waals surface area contributed by atoms with E-state index in [0.717, 1.165) is 16.9 Å². The number of hydrogen-bond acceptors (Lipinski definition) is 5. The van der Waals surface area contributed by atoms with E-state index in [1.54, 1.807) is 9.80 Å². The molecule has 2 heterocycles. The smallest absolute Gasteiger partial charge is 0.242 e. The standard InChI is InChI=1S/C29H34N2O5/c1-5-25(23-9-7-6-8-10-23)29(33)31(20(2)3)18-28(32)30(17-24-13-11-21(4)36-24)16-22-12-14-26-27(15-22)35-19-34-26/h6-15,20,25H,5,16-19H2,1-4H3. The second-order valence-corrected chi connectivity index (χ2v) is 9.38. The molecule has 7 heteroatoms. The molecule has 2 amide bonds. The van der Waals surface area contributed by atoms with Gasteiger partial charge in [-0.3, -0.25) is 9.59 Å². The van der Waals surface area contributed by atoms with Gasteiger partial charge in [0.15, 0.2) is 11.5 Å². The van der Waals surface area contributed by atoms with E-state index in [2.05, 4.69) is 0 Å². The van der Waals surface area contributed by atoms with Crippen LogP contribution in [0, 0.1) is 6.92 Å². The Kier molecular flexibility index (Phi) is 7.98. The molecule has 0 fully saturated rings. The van der Waals surface area contributed by atoms with Crippen molar-refractivity contribution in [2.75, 3.05) is 13.3 Å². The summed E-state index contributed by atoms with van der Waals surface area (Å²) in [5.74, 6) is 2.36. The first-order valence-corrected chi connectivity index (χ1v) is 12.4. The fourth-order valence-electron chi connectivity index (χ4n) is 4.45. The molecule has 0 saturated carbocycles. The third-order valence-electron chi connectivity index (χ3n) is 6.43. The normalized spacial score (nSPS) is 13.0. The summed E-state index contributed by atoms with van der Waals surface area (Å²) in [6.07, 6.45) is 0.660. The second kappa shape index (κ2) is 11.3. The molecule has 0 aliphatic carbocycles. The lowest BCUT2D eigenvalue weighted by molar-refractivity contribution is -0.143. The Hall–Kier alpha value is -3.74. The largest absolute Gasteiger partial charge is 0.464 e. The van der Waals surface area contributed by atoms with Crippen LogP contribution in [0.2, 0.25) is 0 Å². The minimum absolute atomic E-state index is 0.00985. The molecule has 1 aliphatic rings. The fraction of sp³-hybridized carbons (Fsp3) is 0.379. The van der Waals surface area contributed by atoms with Crippen molar-refractivity contribution in [3.63, 3.8) is 0 Å². The average molecular weight is 491 g/mol. The number of furan rings is 1. The summed E-state index contributed by atoms with van der Waals surface area (Å²) in [6.45, 7) is 8.61. The molecule has 0 saturated heterocycles. The second-order valence-electron chi connectivity index (χ2n) is 9.38. The predicted octanol–water partition coefficient (Wildman–Crippen LogP) is 5.28. The number of ether oxygens (including phenoxy) is 2. The molecule has 0 bridgehead atoms. The van der Waals surface area contributed by atoms with Crippen LogP contribution in [0.1, 0.15) is 55.8 Å². The predicted molar refractivity (Wildman–Crippen MR) is 137 cm³/mol. The minimum atomic E-state index is -0.295. The lowest BCUT2D eigenvalue weighted by Gasteiger charge is -2.32.